The molecule has 0 radical (unpaired) electrons. The lowest BCUT2D eigenvalue weighted by Gasteiger charge is -2.18. The van der Waals surface area contributed by atoms with Crippen LogP contribution in [0.1, 0.15) is 23.8 Å². The molecule has 35 heavy (non-hydrogen) atoms. The Morgan fingerprint density at radius 2 is 2.09 bits per heavy atom. The van der Waals surface area contributed by atoms with Crippen molar-refractivity contribution >= 4 is 56.5 Å². The lowest BCUT2D eigenvalue weighted by molar-refractivity contribution is -0.113. The van der Waals surface area contributed by atoms with Gasteiger partial charge >= 0.3 is 0 Å². The Morgan fingerprint density at radius 1 is 1.29 bits per heavy atom. The number of para-hydroxylation sites is 1. The van der Waals surface area contributed by atoms with Gasteiger partial charge in [-0.3, -0.25) is 14.2 Å². The molecule has 0 bridgehead atoms. The minimum absolute atomic E-state index is 0.0720. The molecule has 1 N–H and O–H groups in total. The molecule has 0 saturated heterocycles. The lowest BCUT2D eigenvalue weighted by Crippen LogP contribution is -2.23. The van der Waals surface area contributed by atoms with Gasteiger partial charge in [0.1, 0.15) is 10.6 Å². The van der Waals surface area contributed by atoms with Crippen LogP contribution in [0.4, 0.5) is 5.69 Å². The van der Waals surface area contributed by atoms with Crippen LogP contribution in [-0.4, -0.2) is 28.3 Å². The summed E-state index contributed by atoms with van der Waals surface area (Å²) in [6, 6.07) is 14.5. The van der Waals surface area contributed by atoms with Gasteiger partial charge < -0.3 is 10.1 Å². The molecular weight excluding hydrogens is 502 g/mol. The summed E-state index contributed by atoms with van der Waals surface area (Å²) in [4.78, 5) is 33.5. The minimum Gasteiger partial charge on any atom is -0.495 e. The van der Waals surface area contributed by atoms with Crippen LogP contribution in [0.2, 0.25) is 5.02 Å². The van der Waals surface area contributed by atoms with E-state index in [0.717, 1.165) is 40.7 Å². The van der Waals surface area contributed by atoms with Gasteiger partial charge in [-0.1, -0.05) is 48.5 Å². The van der Waals surface area contributed by atoms with Gasteiger partial charge in [-0.2, -0.15) is 0 Å². The molecule has 1 aliphatic carbocycles. The summed E-state index contributed by atoms with van der Waals surface area (Å²) in [6.07, 6.45) is 2.96. The van der Waals surface area contributed by atoms with E-state index in [1.165, 1.54) is 23.7 Å². The monoisotopic (exact) mass is 525 g/mol. The van der Waals surface area contributed by atoms with E-state index in [9.17, 15) is 9.59 Å². The summed E-state index contributed by atoms with van der Waals surface area (Å²) in [6.45, 7) is 2.25. The summed E-state index contributed by atoms with van der Waals surface area (Å²) in [5.41, 5.74) is 2.30. The normalized spacial score (nSPS) is 15.1. The molecule has 2 aromatic heterocycles. The Balaban J connectivity index is 1.50. The fraction of sp³-hybridized carbons (Fsp3) is 0.269. The number of hydrogen-bond acceptors (Lipinski definition) is 6. The number of hydrogen-bond donors (Lipinski definition) is 1. The number of carbonyl (C=O) groups is 1. The maximum atomic E-state index is 13.8. The molecule has 6 nitrogen and oxygen atoms in total. The molecule has 2 heterocycles. The average Bonchev–Trinajstić information content (AvgIpc) is 3.21. The van der Waals surface area contributed by atoms with Crippen LogP contribution in [-0.2, 0) is 17.6 Å². The van der Waals surface area contributed by atoms with E-state index in [2.05, 4.69) is 12.2 Å². The zero-order valence-corrected chi connectivity index (χ0v) is 21.7. The van der Waals surface area contributed by atoms with E-state index in [4.69, 9.17) is 21.3 Å². The molecule has 0 saturated carbocycles. The Morgan fingerprint density at radius 3 is 2.86 bits per heavy atom. The van der Waals surface area contributed by atoms with Crippen LogP contribution < -0.4 is 15.6 Å². The third-order valence-electron chi connectivity index (χ3n) is 6.08. The molecule has 1 aliphatic rings. The summed E-state index contributed by atoms with van der Waals surface area (Å²) in [5, 5.41) is 4.56. The second-order valence-corrected chi connectivity index (χ2v) is 11.0. The molecule has 9 heteroatoms. The zero-order valence-electron chi connectivity index (χ0n) is 19.3. The maximum Gasteiger partial charge on any atom is 0.267 e. The van der Waals surface area contributed by atoms with Gasteiger partial charge in [0, 0.05) is 9.90 Å². The quantitative estimate of drug-likeness (QED) is 0.248. The van der Waals surface area contributed by atoms with Gasteiger partial charge in [0.15, 0.2) is 5.16 Å². The first kappa shape index (κ1) is 23.9. The number of halogens is 1. The predicted octanol–water partition coefficient (Wildman–Crippen LogP) is 5.96. The Kier molecular flexibility index (Phi) is 6.86. The maximum absolute atomic E-state index is 13.8. The van der Waals surface area contributed by atoms with E-state index >= 15 is 0 Å². The van der Waals surface area contributed by atoms with Crippen LogP contribution in [0, 0.1) is 5.92 Å². The van der Waals surface area contributed by atoms with Gasteiger partial charge in [-0.15, -0.1) is 11.3 Å². The third-order valence-corrected chi connectivity index (χ3v) is 8.40. The molecule has 4 aromatic rings. The molecule has 180 valence electrons. The smallest absolute Gasteiger partial charge is 0.267 e. The van der Waals surface area contributed by atoms with Crippen molar-refractivity contribution in [2.24, 2.45) is 5.92 Å². The second-order valence-electron chi connectivity index (χ2n) is 8.58. The minimum atomic E-state index is -0.246. The van der Waals surface area contributed by atoms with Crippen LogP contribution in [0.5, 0.6) is 5.75 Å². The van der Waals surface area contributed by atoms with E-state index in [1.54, 1.807) is 34.1 Å². The summed E-state index contributed by atoms with van der Waals surface area (Å²) < 4.78 is 6.95. The first-order valence-corrected chi connectivity index (χ1v) is 13.5. The number of thioether (sulfide) groups is 1. The largest absolute Gasteiger partial charge is 0.495 e. The highest BCUT2D eigenvalue weighted by atomic mass is 35.5. The van der Waals surface area contributed by atoms with Crippen LogP contribution >= 0.6 is 34.7 Å². The summed E-state index contributed by atoms with van der Waals surface area (Å²) in [7, 11) is 1.53. The van der Waals surface area contributed by atoms with Crippen molar-refractivity contribution in [2.45, 2.75) is 31.3 Å². The van der Waals surface area contributed by atoms with Crippen LogP contribution in [0.25, 0.3) is 15.9 Å². The zero-order chi connectivity index (χ0) is 24.5. The summed E-state index contributed by atoms with van der Waals surface area (Å²) in [5.74, 6) is 0.950. The number of aromatic nitrogens is 2. The number of methoxy groups -OCH3 is 1. The first-order chi connectivity index (χ1) is 16.9. The highest BCUT2D eigenvalue weighted by Crippen LogP contribution is 2.37. The lowest BCUT2D eigenvalue weighted by atomic mass is 9.89. The number of benzene rings is 2. The third kappa shape index (κ3) is 4.83. The fourth-order valence-electron chi connectivity index (χ4n) is 4.37. The number of anilines is 1. The molecule has 0 spiro atoms. The molecule has 2 aromatic carbocycles. The fourth-order valence-corrected chi connectivity index (χ4v) is 6.78. The van der Waals surface area contributed by atoms with Gasteiger partial charge in [-0.05, 0) is 61.1 Å². The number of carbonyl (C=O) groups excluding carboxylic acids is 1. The van der Waals surface area contributed by atoms with E-state index in [0.29, 0.717) is 27.5 Å². The highest BCUT2D eigenvalue weighted by Gasteiger charge is 2.25. The molecule has 1 atom stereocenters. The highest BCUT2D eigenvalue weighted by molar-refractivity contribution is 7.99. The van der Waals surface area contributed by atoms with E-state index in [-0.39, 0.29) is 17.2 Å². The number of nitrogens with zero attached hydrogens (tertiary/aromatic N) is 2. The SMILES string of the molecule is COc1ccc(Cl)cc1NC(=O)CSc1nc2sc3c(c2c(=O)n1-c1ccccc1)CCC(C)C3. The molecule has 1 amide bonds. The number of nitrogens with one attached hydrogen (secondary N) is 1. The second kappa shape index (κ2) is 10.0. The topological polar surface area (TPSA) is 73.2 Å². The number of amides is 1. The van der Waals surface area contributed by atoms with Crippen molar-refractivity contribution in [2.75, 3.05) is 18.2 Å². The van der Waals surface area contributed by atoms with Crippen molar-refractivity contribution in [1.29, 1.82) is 0 Å². The molecule has 0 fully saturated rings. The van der Waals surface area contributed by atoms with E-state index in [1.807, 2.05) is 30.3 Å². The Bertz CT molecular complexity index is 1470. The van der Waals surface area contributed by atoms with Crippen LogP contribution in [0.3, 0.4) is 0 Å². The first-order valence-electron chi connectivity index (χ1n) is 11.3. The van der Waals surface area contributed by atoms with Crippen molar-refractivity contribution in [3.8, 4) is 11.4 Å². The number of fused-ring (bicyclic) bond motifs is 3. The number of ether oxygens (including phenoxy) is 1. The van der Waals surface area contributed by atoms with E-state index < -0.39 is 0 Å². The van der Waals surface area contributed by atoms with Crippen molar-refractivity contribution in [3.63, 3.8) is 0 Å². The van der Waals surface area contributed by atoms with Crippen LogP contribution in [0.15, 0.2) is 58.5 Å². The molecule has 1 unspecified atom stereocenters. The number of rotatable bonds is 6. The molecular formula is C26H24ClN3O3S2. The van der Waals surface area contributed by atoms with Gasteiger partial charge in [0.25, 0.3) is 5.56 Å². The Hall–Kier alpha value is -2.81. The molecule has 5 rings (SSSR count). The van der Waals surface area contributed by atoms with Crippen molar-refractivity contribution in [3.05, 3.63) is 74.3 Å². The molecule has 0 aliphatic heterocycles. The Labute approximate surface area is 216 Å². The van der Waals surface area contributed by atoms with Crippen molar-refractivity contribution in [1.82, 2.24) is 9.55 Å². The van der Waals surface area contributed by atoms with Gasteiger partial charge in [-0.25, -0.2) is 4.98 Å². The number of aryl methyl sites for hydroxylation is 1. The predicted molar refractivity (Wildman–Crippen MR) is 144 cm³/mol. The van der Waals surface area contributed by atoms with Gasteiger partial charge in [0.05, 0.1) is 29.6 Å². The van der Waals surface area contributed by atoms with Gasteiger partial charge in [0.2, 0.25) is 5.91 Å². The summed E-state index contributed by atoms with van der Waals surface area (Å²) >= 11 is 8.93. The standard InChI is InChI=1S/C26H24ClN3O3S2/c1-15-8-10-18-21(12-15)35-24-23(18)25(32)30(17-6-4-3-5-7-17)26(29-24)34-14-22(31)28-19-13-16(27)9-11-20(19)33-2/h3-7,9,11,13,15H,8,10,12,14H2,1-2H3,(H,28,31). The van der Waals surface area contributed by atoms with Crippen molar-refractivity contribution < 1.29 is 9.53 Å². The number of thiophene rings is 1. The average molecular weight is 526 g/mol.